The van der Waals surface area contributed by atoms with E-state index in [-0.39, 0.29) is 0 Å². The summed E-state index contributed by atoms with van der Waals surface area (Å²) in [7, 11) is 1.67. The Morgan fingerprint density at radius 1 is 1.14 bits per heavy atom. The third-order valence-corrected chi connectivity index (χ3v) is 2.66. The van der Waals surface area contributed by atoms with Crippen molar-refractivity contribution in [2.45, 2.75) is 26.9 Å². The van der Waals surface area contributed by atoms with Gasteiger partial charge in [-0.1, -0.05) is 0 Å². The van der Waals surface area contributed by atoms with Crippen LogP contribution in [0.3, 0.4) is 0 Å². The molecule has 0 aliphatic carbocycles. The first-order valence-corrected chi connectivity index (χ1v) is 4.65. The molecule has 0 heterocycles. The molecule has 0 saturated carbocycles. The van der Waals surface area contributed by atoms with E-state index < -0.39 is 6.17 Å². The van der Waals surface area contributed by atoms with Crippen LogP contribution in [0.25, 0.3) is 0 Å². The molecule has 3 heteroatoms. The Morgan fingerprint density at radius 3 is 2.14 bits per heavy atom. The second-order valence-corrected chi connectivity index (χ2v) is 3.59. The second kappa shape index (κ2) is 3.98. The Morgan fingerprint density at radius 2 is 1.71 bits per heavy atom. The number of hydrogen-bond acceptors (Lipinski definition) is 3. The van der Waals surface area contributed by atoms with Crippen LogP contribution in [0.1, 0.15) is 28.4 Å². The lowest BCUT2D eigenvalue weighted by Gasteiger charge is -2.18. The van der Waals surface area contributed by atoms with E-state index in [0.717, 1.165) is 28.0 Å². The average molecular weight is 194 g/mol. The highest BCUT2D eigenvalue weighted by Gasteiger charge is 2.13. The number of aryl methyl sites for hydroxylation is 1. The molecule has 0 saturated heterocycles. The average Bonchev–Trinajstić information content (AvgIpc) is 2.10. The number of benzene rings is 1. The summed E-state index contributed by atoms with van der Waals surface area (Å²) >= 11 is 0. The van der Waals surface area contributed by atoms with Gasteiger partial charge in [-0.05, 0) is 49.1 Å². The highest BCUT2D eigenvalue weighted by molar-refractivity contribution is 5.49. The summed E-state index contributed by atoms with van der Waals surface area (Å²) in [6.45, 7) is 6.03. The van der Waals surface area contributed by atoms with Crippen molar-refractivity contribution in [2.75, 3.05) is 7.11 Å². The molecule has 4 N–H and O–H groups in total. The van der Waals surface area contributed by atoms with Gasteiger partial charge in [0.05, 0.1) is 13.3 Å². The summed E-state index contributed by atoms with van der Waals surface area (Å²) in [5.74, 6) is 0.893. The number of hydrogen-bond donors (Lipinski definition) is 2. The van der Waals surface area contributed by atoms with E-state index in [1.165, 1.54) is 0 Å². The largest absolute Gasteiger partial charge is 0.496 e. The standard InChI is InChI=1S/C11H18N2O/c1-6-5-9(14-4)7(2)8(3)10(6)11(12)13/h5,11H,12-13H2,1-4H3. The number of nitrogens with two attached hydrogens (primary N) is 2. The predicted molar refractivity (Wildman–Crippen MR) is 58.3 cm³/mol. The SMILES string of the molecule is COc1cc(C)c(C(N)N)c(C)c1C. The molecule has 1 rings (SSSR count). The van der Waals surface area contributed by atoms with Gasteiger partial charge in [0.2, 0.25) is 0 Å². The molecule has 0 aromatic heterocycles. The summed E-state index contributed by atoms with van der Waals surface area (Å²) in [6, 6.07) is 1.98. The number of ether oxygens (including phenoxy) is 1. The molecule has 14 heavy (non-hydrogen) atoms. The first-order valence-electron chi connectivity index (χ1n) is 4.65. The molecule has 0 aliphatic heterocycles. The molecule has 0 amide bonds. The Labute approximate surface area is 85.0 Å². The third-order valence-electron chi connectivity index (χ3n) is 2.66. The first kappa shape index (κ1) is 11.0. The maximum absolute atomic E-state index is 5.71. The summed E-state index contributed by atoms with van der Waals surface area (Å²) in [5.41, 5.74) is 15.8. The van der Waals surface area contributed by atoms with E-state index >= 15 is 0 Å². The molecule has 1 aromatic carbocycles. The molecule has 0 spiro atoms. The van der Waals surface area contributed by atoms with E-state index in [2.05, 4.69) is 0 Å². The second-order valence-electron chi connectivity index (χ2n) is 3.59. The Kier molecular flexibility index (Phi) is 3.13. The van der Waals surface area contributed by atoms with Gasteiger partial charge >= 0.3 is 0 Å². The van der Waals surface area contributed by atoms with Crippen LogP contribution in [0, 0.1) is 20.8 Å². The minimum Gasteiger partial charge on any atom is -0.496 e. The molecule has 0 radical (unpaired) electrons. The van der Waals surface area contributed by atoms with Crippen LogP contribution in [0.5, 0.6) is 5.75 Å². The van der Waals surface area contributed by atoms with Gasteiger partial charge in [0.25, 0.3) is 0 Å². The lowest BCUT2D eigenvalue weighted by Crippen LogP contribution is -2.22. The zero-order chi connectivity index (χ0) is 10.9. The van der Waals surface area contributed by atoms with E-state index in [1.54, 1.807) is 7.11 Å². The lowest BCUT2D eigenvalue weighted by atomic mass is 9.96. The summed E-state index contributed by atoms with van der Waals surface area (Å²) < 4.78 is 5.26. The van der Waals surface area contributed by atoms with E-state index in [0.29, 0.717) is 0 Å². The summed E-state index contributed by atoms with van der Waals surface area (Å²) in [6.07, 6.45) is -0.417. The van der Waals surface area contributed by atoms with Gasteiger partial charge in [0.1, 0.15) is 5.75 Å². The van der Waals surface area contributed by atoms with Crippen molar-refractivity contribution in [1.29, 1.82) is 0 Å². The van der Waals surface area contributed by atoms with Crippen molar-refractivity contribution in [1.82, 2.24) is 0 Å². The van der Waals surface area contributed by atoms with Crippen molar-refractivity contribution in [3.8, 4) is 5.75 Å². The fourth-order valence-electron chi connectivity index (χ4n) is 1.79. The fourth-order valence-corrected chi connectivity index (χ4v) is 1.79. The van der Waals surface area contributed by atoms with Gasteiger partial charge in [0.15, 0.2) is 0 Å². The fraction of sp³-hybridized carbons (Fsp3) is 0.455. The van der Waals surface area contributed by atoms with Crippen molar-refractivity contribution in [3.05, 3.63) is 28.3 Å². The molecule has 0 unspecified atom stereocenters. The molecular formula is C11H18N2O. The maximum Gasteiger partial charge on any atom is 0.122 e. The van der Waals surface area contributed by atoms with Gasteiger partial charge in [-0.2, -0.15) is 0 Å². The van der Waals surface area contributed by atoms with Crippen molar-refractivity contribution < 1.29 is 4.74 Å². The zero-order valence-corrected chi connectivity index (χ0v) is 9.22. The molecule has 1 aromatic rings. The Bertz CT molecular complexity index is 346. The molecule has 3 nitrogen and oxygen atoms in total. The highest BCUT2D eigenvalue weighted by atomic mass is 16.5. The molecule has 0 aliphatic rings. The monoisotopic (exact) mass is 194 g/mol. The van der Waals surface area contributed by atoms with Gasteiger partial charge in [0, 0.05) is 0 Å². The van der Waals surface area contributed by atoms with Crippen LogP contribution >= 0.6 is 0 Å². The summed E-state index contributed by atoms with van der Waals surface area (Å²) in [5, 5.41) is 0. The predicted octanol–water partition coefficient (Wildman–Crippen LogP) is 1.54. The molecule has 0 atom stereocenters. The van der Waals surface area contributed by atoms with Gasteiger partial charge in [-0.25, -0.2) is 0 Å². The molecule has 0 bridgehead atoms. The van der Waals surface area contributed by atoms with E-state index in [9.17, 15) is 0 Å². The van der Waals surface area contributed by atoms with Gasteiger partial charge in [-0.3, -0.25) is 0 Å². The maximum atomic E-state index is 5.71. The highest BCUT2D eigenvalue weighted by Crippen LogP contribution is 2.28. The minimum absolute atomic E-state index is 0.417. The van der Waals surface area contributed by atoms with Crippen LogP contribution in [0.2, 0.25) is 0 Å². The first-order chi connectivity index (χ1) is 6.49. The zero-order valence-electron chi connectivity index (χ0n) is 9.22. The minimum atomic E-state index is -0.417. The van der Waals surface area contributed by atoms with Crippen molar-refractivity contribution >= 4 is 0 Å². The molecular weight excluding hydrogens is 176 g/mol. The lowest BCUT2D eigenvalue weighted by molar-refractivity contribution is 0.410. The smallest absolute Gasteiger partial charge is 0.122 e. The quantitative estimate of drug-likeness (QED) is 0.702. The third kappa shape index (κ3) is 1.74. The summed E-state index contributed by atoms with van der Waals surface area (Å²) in [4.78, 5) is 0. The van der Waals surface area contributed by atoms with Crippen LogP contribution in [-0.2, 0) is 0 Å². The van der Waals surface area contributed by atoms with Crippen LogP contribution in [-0.4, -0.2) is 7.11 Å². The van der Waals surface area contributed by atoms with E-state index in [1.807, 2.05) is 26.8 Å². The van der Waals surface area contributed by atoms with Gasteiger partial charge < -0.3 is 16.2 Å². The van der Waals surface area contributed by atoms with Crippen LogP contribution in [0.15, 0.2) is 6.07 Å². The van der Waals surface area contributed by atoms with E-state index in [4.69, 9.17) is 16.2 Å². The van der Waals surface area contributed by atoms with Crippen molar-refractivity contribution in [2.24, 2.45) is 11.5 Å². The topological polar surface area (TPSA) is 61.3 Å². The number of methoxy groups -OCH3 is 1. The normalized spacial score (nSPS) is 10.8. The van der Waals surface area contributed by atoms with Crippen LogP contribution in [0.4, 0.5) is 0 Å². The number of rotatable bonds is 2. The Hall–Kier alpha value is -1.06. The van der Waals surface area contributed by atoms with Crippen LogP contribution < -0.4 is 16.2 Å². The van der Waals surface area contributed by atoms with Crippen molar-refractivity contribution in [3.63, 3.8) is 0 Å². The van der Waals surface area contributed by atoms with Gasteiger partial charge in [-0.15, -0.1) is 0 Å². The molecule has 0 fully saturated rings. The Balaban J connectivity index is 3.41. The molecule has 78 valence electrons.